The fourth-order valence-electron chi connectivity index (χ4n) is 3.28. The molecule has 0 atom stereocenters. The number of amides is 1. The van der Waals surface area contributed by atoms with Crippen LogP contribution in [0.5, 0.6) is 0 Å². The molecule has 1 fully saturated rings. The van der Waals surface area contributed by atoms with Crippen molar-refractivity contribution in [1.29, 1.82) is 0 Å². The predicted molar refractivity (Wildman–Crippen MR) is 108 cm³/mol. The lowest BCUT2D eigenvalue weighted by molar-refractivity contribution is 0.0945. The minimum Gasteiger partial charge on any atom is -0.366 e. The molecule has 0 radical (unpaired) electrons. The van der Waals surface area contributed by atoms with Crippen LogP contribution in [0.25, 0.3) is 0 Å². The molecule has 0 spiro atoms. The molecule has 0 unspecified atom stereocenters. The number of para-hydroxylation sites is 1. The van der Waals surface area contributed by atoms with Crippen LogP contribution in [0.15, 0.2) is 60.9 Å². The van der Waals surface area contributed by atoms with Crippen LogP contribution in [-0.4, -0.2) is 47.3 Å². The summed E-state index contributed by atoms with van der Waals surface area (Å²) in [6, 6.07) is 14.0. The number of nitrogens with one attached hydrogen (secondary N) is 1. The summed E-state index contributed by atoms with van der Waals surface area (Å²) in [5.41, 5.74) is 1.81. The number of pyridine rings is 1. The van der Waals surface area contributed by atoms with Gasteiger partial charge in [0.25, 0.3) is 5.91 Å². The number of piperazine rings is 1. The standard InChI is InChI=1S/C21H21FN6O/c22-17-5-1-2-6-19(17)27-10-12-28(13-11-27)20-8-7-18(25-26-20)21(29)24-15-16-4-3-9-23-14-16/h1-9,14H,10-13,15H2,(H,24,29). The molecule has 7 nitrogen and oxygen atoms in total. The van der Waals surface area contributed by atoms with E-state index in [1.54, 1.807) is 36.7 Å². The maximum absolute atomic E-state index is 14.0. The Balaban J connectivity index is 1.32. The average molecular weight is 392 g/mol. The topological polar surface area (TPSA) is 74.2 Å². The Morgan fingerprint density at radius 3 is 2.45 bits per heavy atom. The molecule has 0 bridgehead atoms. The second-order valence-corrected chi connectivity index (χ2v) is 6.75. The molecule has 1 aromatic carbocycles. The van der Waals surface area contributed by atoms with Gasteiger partial charge in [-0.1, -0.05) is 18.2 Å². The monoisotopic (exact) mass is 392 g/mol. The third-order valence-corrected chi connectivity index (χ3v) is 4.86. The van der Waals surface area contributed by atoms with Gasteiger partial charge in [-0.3, -0.25) is 9.78 Å². The van der Waals surface area contributed by atoms with Crippen molar-refractivity contribution in [2.75, 3.05) is 36.0 Å². The second kappa shape index (κ2) is 8.64. The van der Waals surface area contributed by atoms with Crippen LogP contribution in [0.3, 0.4) is 0 Å². The van der Waals surface area contributed by atoms with Gasteiger partial charge in [0.05, 0.1) is 5.69 Å². The maximum atomic E-state index is 14.0. The van der Waals surface area contributed by atoms with E-state index in [9.17, 15) is 9.18 Å². The summed E-state index contributed by atoms with van der Waals surface area (Å²) in [7, 11) is 0. The van der Waals surface area contributed by atoms with Gasteiger partial charge in [-0.05, 0) is 35.9 Å². The summed E-state index contributed by atoms with van der Waals surface area (Å²) in [5.74, 6) is 0.224. The molecule has 2 aromatic heterocycles. The molecule has 1 aliphatic heterocycles. The Hall–Kier alpha value is -3.55. The van der Waals surface area contributed by atoms with Crippen LogP contribution in [0, 0.1) is 5.82 Å². The van der Waals surface area contributed by atoms with E-state index < -0.39 is 0 Å². The van der Waals surface area contributed by atoms with E-state index in [0.29, 0.717) is 44.2 Å². The van der Waals surface area contributed by atoms with E-state index in [1.807, 2.05) is 23.1 Å². The normalized spacial score (nSPS) is 14.0. The zero-order valence-electron chi connectivity index (χ0n) is 15.8. The molecule has 29 heavy (non-hydrogen) atoms. The van der Waals surface area contributed by atoms with Gasteiger partial charge in [-0.2, -0.15) is 0 Å². The van der Waals surface area contributed by atoms with Crippen molar-refractivity contribution in [3.05, 3.63) is 78.0 Å². The highest BCUT2D eigenvalue weighted by atomic mass is 19.1. The average Bonchev–Trinajstić information content (AvgIpc) is 2.79. The zero-order valence-corrected chi connectivity index (χ0v) is 15.8. The summed E-state index contributed by atoms with van der Waals surface area (Å²) in [6.45, 7) is 3.17. The number of aromatic nitrogens is 3. The highest BCUT2D eigenvalue weighted by Gasteiger charge is 2.20. The van der Waals surface area contributed by atoms with Gasteiger partial charge < -0.3 is 15.1 Å². The number of benzene rings is 1. The quantitative estimate of drug-likeness (QED) is 0.718. The van der Waals surface area contributed by atoms with Crippen LogP contribution in [0.4, 0.5) is 15.9 Å². The number of hydrogen-bond donors (Lipinski definition) is 1. The van der Waals surface area contributed by atoms with Crippen molar-refractivity contribution in [1.82, 2.24) is 20.5 Å². The van der Waals surface area contributed by atoms with Crippen LogP contribution in [0.1, 0.15) is 16.1 Å². The molecule has 1 amide bonds. The van der Waals surface area contributed by atoms with Gasteiger partial charge in [-0.15, -0.1) is 10.2 Å². The minimum atomic E-state index is -0.280. The Kier molecular flexibility index (Phi) is 5.60. The zero-order chi connectivity index (χ0) is 20.1. The third kappa shape index (κ3) is 4.48. The van der Waals surface area contributed by atoms with E-state index >= 15 is 0 Å². The highest BCUT2D eigenvalue weighted by molar-refractivity contribution is 5.92. The number of hydrogen-bond acceptors (Lipinski definition) is 6. The lowest BCUT2D eigenvalue weighted by Crippen LogP contribution is -2.47. The summed E-state index contributed by atoms with van der Waals surface area (Å²) < 4.78 is 14.0. The Labute approximate surface area is 168 Å². The number of rotatable bonds is 5. The lowest BCUT2D eigenvalue weighted by Gasteiger charge is -2.36. The first-order chi connectivity index (χ1) is 14.2. The molecule has 8 heteroatoms. The molecule has 148 valence electrons. The van der Waals surface area contributed by atoms with Crippen LogP contribution >= 0.6 is 0 Å². The Bertz CT molecular complexity index is 958. The summed E-state index contributed by atoms with van der Waals surface area (Å²) in [5, 5.41) is 11.1. The van der Waals surface area contributed by atoms with E-state index in [0.717, 1.165) is 5.56 Å². The van der Waals surface area contributed by atoms with Crippen molar-refractivity contribution in [2.24, 2.45) is 0 Å². The molecule has 0 aliphatic carbocycles. The number of anilines is 2. The van der Waals surface area contributed by atoms with E-state index in [1.165, 1.54) is 6.07 Å². The predicted octanol–water partition coefficient (Wildman–Crippen LogP) is 2.27. The second-order valence-electron chi connectivity index (χ2n) is 6.75. The number of nitrogens with zero attached hydrogens (tertiary/aromatic N) is 5. The number of carbonyl (C=O) groups is 1. The first kappa shape index (κ1) is 18.8. The van der Waals surface area contributed by atoms with Crippen molar-refractivity contribution in [3.63, 3.8) is 0 Å². The van der Waals surface area contributed by atoms with Crippen molar-refractivity contribution >= 4 is 17.4 Å². The van der Waals surface area contributed by atoms with Gasteiger partial charge in [-0.25, -0.2) is 4.39 Å². The molecule has 4 rings (SSSR count). The SMILES string of the molecule is O=C(NCc1cccnc1)c1ccc(N2CCN(c3ccccc3F)CC2)nn1. The summed E-state index contributed by atoms with van der Waals surface area (Å²) in [4.78, 5) is 20.4. The fraction of sp³-hybridized carbons (Fsp3) is 0.238. The molecule has 1 saturated heterocycles. The molecule has 3 aromatic rings. The van der Waals surface area contributed by atoms with E-state index in [-0.39, 0.29) is 17.4 Å². The number of halogens is 1. The van der Waals surface area contributed by atoms with Crippen molar-refractivity contribution in [3.8, 4) is 0 Å². The first-order valence-electron chi connectivity index (χ1n) is 9.46. The number of carbonyl (C=O) groups excluding carboxylic acids is 1. The van der Waals surface area contributed by atoms with Crippen LogP contribution < -0.4 is 15.1 Å². The smallest absolute Gasteiger partial charge is 0.272 e. The molecule has 0 saturated carbocycles. The largest absolute Gasteiger partial charge is 0.366 e. The molecule has 1 N–H and O–H groups in total. The van der Waals surface area contributed by atoms with Gasteiger partial charge in [0.15, 0.2) is 11.5 Å². The lowest BCUT2D eigenvalue weighted by atomic mass is 10.2. The maximum Gasteiger partial charge on any atom is 0.272 e. The van der Waals surface area contributed by atoms with Gasteiger partial charge in [0.2, 0.25) is 0 Å². The van der Waals surface area contributed by atoms with Crippen LogP contribution in [-0.2, 0) is 6.54 Å². The van der Waals surface area contributed by atoms with Crippen molar-refractivity contribution < 1.29 is 9.18 Å². The Morgan fingerprint density at radius 1 is 0.966 bits per heavy atom. The highest BCUT2D eigenvalue weighted by Crippen LogP contribution is 2.21. The Morgan fingerprint density at radius 2 is 1.76 bits per heavy atom. The third-order valence-electron chi connectivity index (χ3n) is 4.86. The summed E-state index contributed by atoms with van der Waals surface area (Å²) in [6.07, 6.45) is 3.39. The molecule has 3 heterocycles. The van der Waals surface area contributed by atoms with Gasteiger partial charge >= 0.3 is 0 Å². The summed E-state index contributed by atoms with van der Waals surface area (Å²) >= 11 is 0. The van der Waals surface area contributed by atoms with Gasteiger partial charge in [0.1, 0.15) is 5.82 Å². The fourth-order valence-corrected chi connectivity index (χ4v) is 3.28. The van der Waals surface area contributed by atoms with Gasteiger partial charge in [0, 0.05) is 45.1 Å². The first-order valence-corrected chi connectivity index (χ1v) is 9.46. The molecule has 1 aliphatic rings. The molecular weight excluding hydrogens is 371 g/mol. The van der Waals surface area contributed by atoms with E-state index in [4.69, 9.17) is 0 Å². The minimum absolute atomic E-state index is 0.206. The van der Waals surface area contributed by atoms with Crippen LogP contribution in [0.2, 0.25) is 0 Å². The van der Waals surface area contributed by atoms with Crippen molar-refractivity contribution in [2.45, 2.75) is 6.54 Å². The van der Waals surface area contributed by atoms with E-state index in [2.05, 4.69) is 25.4 Å². The molecular formula is C21H21FN6O.